The van der Waals surface area contributed by atoms with Gasteiger partial charge in [0.05, 0.1) is 18.4 Å². The summed E-state index contributed by atoms with van der Waals surface area (Å²) in [5, 5.41) is 0. The molecule has 0 N–H and O–H groups in total. The number of carbonyl (C=O) groups is 1. The maximum atomic E-state index is 13.2. The third kappa shape index (κ3) is 4.79. The molecule has 1 amide bonds. The van der Waals surface area contributed by atoms with Crippen LogP contribution < -0.4 is 4.74 Å². The summed E-state index contributed by atoms with van der Waals surface area (Å²) in [6.45, 7) is 7.16. The Morgan fingerprint density at radius 1 is 1.16 bits per heavy atom. The van der Waals surface area contributed by atoms with Gasteiger partial charge in [0.1, 0.15) is 11.6 Å². The fraction of sp³-hybridized carbons (Fsp3) is 0.385. The standard InChI is InChI=1S/C26H30N4O2/c1-17-12-20(13-21-8-5-6-10-25(21)32-4)14-24(28-17)22-9-7-11-30(16-22)26(31)23-15-27-19(3)29-18(23)2/h5-6,8,10,12,14-15,22H,7,9,11,13,16H2,1-4H3/t22-/m1/s1. The summed E-state index contributed by atoms with van der Waals surface area (Å²) in [6, 6.07) is 12.4. The molecule has 1 aliphatic rings. The van der Waals surface area contributed by atoms with Gasteiger partial charge in [-0.2, -0.15) is 0 Å². The monoisotopic (exact) mass is 430 g/mol. The number of ether oxygens (including phenoxy) is 1. The lowest BCUT2D eigenvalue weighted by Crippen LogP contribution is -2.39. The molecule has 0 bridgehead atoms. The second-order valence-corrected chi connectivity index (χ2v) is 8.54. The lowest BCUT2D eigenvalue weighted by Gasteiger charge is -2.33. The van der Waals surface area contributed by atoms with Crippen LogP contribution in [-0.4, -0.2) is 46.0 Å². The predicted molar refractivity (Wildman–Crippen MR) is 124 cm³/mol. The molecule has 0 radical (unpaired) electrons. The minimum atomic E-state index is 0.00842. The van der Waals surface area contributed by atoms with Crippen molar-refractivity contribution in [3.05, 3.63) is 82.2 Å². The van der Waals surface area contributed by atoms with Crippen LogP contribution in [0.15, 0.2) is 42.6 Å². The third-order valence-corrected chi connectivity index (χ3v) is 6.08. The first-order valence-electron chi connectivity index (χ1n) is 11.1. The number of aromatic nitrogens is 3. The van der Waals surface area contributed by atoms with Crippen molar-refractivity contribution in [3.8, 4) is 5.75 Å². The molecule has 3 heterocycles. The van der Waals surface area contributed by atoms with E-state index < -0.39 is 0 Å². The number of benzene rings is 1. The molecule has 0 unspecified atom stereocenters. The molecule has 166 valence electrons. The zero-order valence-electron chi connectivity index (χ0n) is 19.3. The van der Waals surface area contributed by atoms with Crippen LogP contribution in [0, 0.1) is 20.8 Å². The van der Waals surface area contributed by atoms with Crippen LogP contribution in [0.5, 0.6) is 5.75 Å². The molecule has 6 heteroatoms. The average molecular weight is 431 g/mol. The molecule has 1 saturated heterocycles. The molecule has 1 aromatic carbocycles. The van der Waals surface area contributed by atoms with E-state index in [0.29, 0.717) is 17.9 Å². The van der Waals surface area contributed by atoms with E-state index in [1.54, 1.807) is 13.3 Å². The van der Waals surface area contributed by atoms with Crippen molar-refractivity contribution in [1.29, 1.82) is 0 Å². The number of carbonyl (C=O) groups excluding carboxylic acids is 1. The van der Waals surface area contributed by atoms with E-state index in [-0.39, 0.29) is 11.8 Å². The number of para-hydroxylation sites is 1. The number of likely N-dealkylation sites (tertiary alicyclic amines) is 1. The maximum Gasteiger partial charge on any atom is 0.257 e. The van der Waals surface area contributed by atoms with Gasteiger partial charge in [-0.05, 0) is 62.9 Å². The lowest BCUT2D eigenvalue weighted by molar-refractivity contribution is 0.0704. The summed E-state index contributed by atoms with van der Waals surface area (Å²) in [6.07, 6.45) is 4.42. The van der Waals surface area contributed by atoms with Crippen LogP contribution in [-0.2, 0) is 6.42 Å². The maximum absolute atomic E-state index is 13.2. The minimum Gasteiger partial charge on any atom is -0.496 e. The number of methoxy groups -OCH3 is 1. The molecule has 4 rings (SSSR count). The van der Waals surface area contributed by atoms with Gasteiger partial charge in [0.15, 0.2) is 0 Å². The Morgan fingerprint density at radius 2 is 1.97 bits per heavy atom. The molecule has 0 spiro atoms. The minimum absolute atomic E-state index is 0.00842. The van der Waals surface area contributed by atoms with Crippen molar-refractivity contribution in [2.24, 2.45) is 0 Å². The van der Waals surface area contributed by atoms with Gasteiger partial charge in [0.25, 0.3) is 5.91 Å². The summed E-state index contributed by atoms with van der Waals surface area (Å²) in [5.41, 5.74) is 5.75. The van der Waals surface area contributed by atoms with Crippen LogP contribution in [0.2, 0.25) is 0 Å². The van der Waals surface area contributed by atoms with Gasteiger partial charge in [0.2, 0.25) is 0 Å². The second-order valence-electron chi connectivity index (χ2n) is 8.54. The van der Waals surface area contributed by atoms with Gasteiger partial charge >= 0.3 is 0 Å². The highest BCUT2D eigenvalue weighted by atomic mass is 16.5. The van der Waals surface area contributed by atoms with Crippen LogP contribution in [0.3, 0.4) is 0 Å². The normalized spacial score (nSPS) is 16.1. The topological polar surface area (TPSA) is 68.2 Å². The van der Waals surface area contributed by atoms with Crippen molar-refractivity contribution in [2.75, 3.05) is 20.2 Å². The molecule has 2 aromatic heterocycles. The van der Waals surface area contributed by atoms with Crippen LogP contribution >= 0.6 is 0 Å². The number of aryl methyl sites for hydroxylation is 3. The van der Waals surface area contributed by atoms with E-state index in [0.717, 1.165) is 54.2 Å². The van der Waals surface area contributed by atoms with E-state index in [4.69, 9.17) is 9.72 Å². The number of piperidine rings is 1. The molecule has 1 atom stereocenters. The van der Waals surface area contributed by atoms with Crippen LogP contribution in [0.25, 0.3) is 0 Å². The molecule has 3 aromatic rings. The Kier molecular flexibility index (Phi) is 6.49. The van der Waals surface area contributed by atoms with E-state index >= 15 is 0 Å². The van der Waals surface area contributed by atoms with E-state index in [2.05, 4.69) is 28.2 Å². The summed E-state index contributed by atoms with van der Waals surface area (Å²) >= 11 is 0. The first kappa shape index (κ1) is 21.9. The van der Waals surface area contributed by atoms with Crippen molar-refractivity contribution in [3.63, 3.8) is 0 Å². The van der Waals surface area contributed by atoms with Gasteiger partial charge in [-0.25, -0.2) is 9.97 Å². The van der Waals surface area contributed by atoms with Gasteiger partial charge in [-0.3, -0.25) is 9.78 Å². The Hall–Kier alpha value is -3.28. The summed E-state index contributed by atoms with van der Waals surface area (Å²) < 4.78 is 5.52. The summed E-state index contributed by atoms with van der Waals surface area (Å²) in [7, 11) is 1.70. The Labute approximate surface area is 189 Å². The first-order valence-corrected chi connectivity index (χ1v) is 11.1. The van der Waals surface area contributed by atoms with Crippen LogP contribution in [0.1, 0.15) is 63.2 Å². The smallest absolute Gasteiger partial charge is 0.257 e. The SMILES string of the molecule is COc1ccccc1Cc1cc(C)nc([C@@H]2CCCN(C(=O)c3cnc(C)nc3C)C2)c1. The number of hydrogen-bond acceptors (Lipinski definition) is 5. The zero-order chi connectivity index (χ0) is 22.7. The highest BCUT2D eigenvalue weighted by Crippen LogP contribution is 2.29. The van der Waals surface area contributed by atoms with Crippen LogP contribution in [0.4, 0.5) is 0 Å². The molecular formula is C26H30N4O2. The molecule has 6 nitrogen and oxygen atoms in total. The predicted octanol–water partition coefficient (Wildman–Crippen LogP) is 4.42. The van der Waals surface area contributed by atoms with E-state index in [1.165, 1.54) is 5.56 Å². The molecule has 0 saturated carbocycles. The molecule has 1 fully saturated rings. The van der Waals surface area contributed by atoms with Gasteiger partial charge in [-0.1, -0.05) is 18.2 Å². The average Bonchev–Trinajstić information content (AvgIpc) is 2.79. The molecule has 32 heavy (non-hydrogen) atoms. The Morgan fingerprint density at radius 3 is 2.75 bits per heavy atom. The van der Waals surface area contributed by atoms with Crippen molar-refractivity contribution in [2.45, 2.75) is 46.0 Å². The second kappa shape index (κ2) is 9.47. The summed E-state index contributed by atoms with van der Waals surface area (Å²) in [4.78, 5) is 28.5. The first-order chi connectivity index (χ1) is 15.4. The quantitative estimate of drug-likeness (QED) is 0.600. The van der Waals surface area contributed by atoms with Crippen molar-refractivity contribution >= 4 is 5.91 Å². The van der Waals surface area contributed by atoms with E-state index in [1.807, 2.05) is 43.9 Å². The summed E-state index contributed by atoms with van der Waals surface area (Å²) in [5.74, 6) is 1.81. The van der Waals surface area contributed by atoms with Crippen molar-refractivity contribution in [1.82, 2.24) is 19.9 Å². The highest BCUT2D eigenvalue weighted by Gasteiger charge is 2.28. The lowest BCUT2D eigenvalue weighted by atomic mass is 9.92. The fourth-order valence-electron chi connectivity index (χ4n) is 4.51. The van der Waals surface area contributed by atoms with Gasteiger partial charge in [0, 0.05) is 43.0 Å². The number of nitrogens with zero attached hydrogens (tertiary/aromatic N) is 4. The van der Waals surface area contributed by atoms with Crippen molar-refractivity contribution < 1.29 is 9.53 Å². The Balaban J connectivity index is 1.55. The van der Waals surface area contributed by atoms with Gasteiger partial charge in [-0.15, -0.1) is 0 Å². The fourth-order valence-corrected chi connectivity index (χ4v) is 4.51. The van der Waals surface area contributed by atoms with Gasteiger partial charge < -0.3 is 9.64 Å². The van der Waals surface area contributed by atoms with E-state index in [9.17, 15) is 4.79 Å². The number of pyridine rings is 1. The molecule has 0 aliphatic carbocycles. The largest absolute Gasteiger partial charge is 0.496 e. The molecule has 1 aliphatic heterocycles. The third-order valence-electron chi connectivity index (χ3n) is 6.08. The highest BCUT2D eigenvalue weighted by molar-refractivity contribution is 5.95. The number of amides is 1. The number of hydrogen-bond donors (Lipinski definition) is 0. The number of rotatable bonds is 5. The zero-order valence-corrected chi connectivity index (χ0v) is 19.3. The molecular weight excluding hydrogens is 400 g/mol. The Bertz CT molecular complexity index is 1130.